The first kappa shape index (κ1) is 21.4. The number of H-pyrrole nitrogens is 1. The zero-order valence-corrected chi connectivity index (χ0v) is 18.9. The molecular weight excluding hydrogens is 457 g/mol. The van der Waals surface area contributed by atoms with Gasteiger partial charge in [-0.05, 0) is 30.7 Å². The zero-order chi connectivity index (χ0) is 22.1. The molecule has 1 amide bonds. The maximum Gasteiger partial charge on any atom is 0.337 e. The predicted molar refractivity (Wildman–Crippen MR) is 123 cm³/mol. The number of aromatic nitrogens is 2. The van der Waals surface area contributed by atoms with Crippen molar-refractivity contribution in [3.63, 3.8) is 0 Å². The number of carbonyl (C=O) groups is 2. The van der Waals surface area contributed by atoms with Crippen LogP contribution in [0.4, 0.5) is 5.13 Å². The molecule has 2 aromatic heterocycles. The quantitative estimate of drug-likeness (QED) is 0.367. The van der Waals surface area contributed by atoms with Crippen LogP contribution in [0, 0.1) is 6.92 Å². The Morgan fingerprint density at radius 3 is 2.52 bits per heavy atom. The van der Waals surface area contributed by atoms with E-state index in [0.717, 1.165) is 10.3 Å². The van der Waals surface area contributed by atoms with Crippen LogP contribution in [0.25, 0.3) is 10.2 Å². The first-order valence-electron chi connectivity index (χ1n) is 9.27. The minimum absolute atomic E-state index is 0.177. The number of hydrogen-bond acceptors (Lipinski definition) is 5. The minimum Gasteiger partial charge on any atom is -0.465 e. The molecule has 2 heterocycles. The van der Waals surface area contributed by atoms with Crippen LogP contribution in [0.15, 0.2) is 48.5 Å². The van der Waals surface area contributed by atoms with Crippen molar-refractivity contribution in [2.45, 2.75) is 13.5 Å². The summed E-state index contributed by atoms with van der Waals surface area (Å²) in [5.41, 5.74) is 2.83. The number of thiazole rings is 1. The Labute approximate surface area is 192 Å². The summed E-state index contributed by atoms with van der Waals surface area (Å²) in [7, 11) is 1.33. The van der Waals surface area contributed by atoms with Crippen LogP contribution in [-0.2, 0) is 11.3 Å². The van der Waals surface area contributed by atoms with E-state index >= 15 is 0 Å². The van der Waals surface area contributed by atoms with Gasteiger partial charge in [0.15, 0.2) is 5.13 Å². The fourth-order valence-corrected chi connectivity index (χ4v) is 4.53. The van der Waals surface area contributed by atoms with Crippen molar-refractivity contribution in [1.29, 1.82) is 0 Å². The van der Waals surface area contributed by atoms with Crippen LogP contribution in [0.5, 0.6) is 0 Å². The summed E-state index contributed by atoms with van der Waals surface area (Å²) in [6.45, 7) is 2.04. The molecule has 9 heteroatoms. The standard InChI is InChI=1S/C22H17Cl2N3O3S/c1-12-17(23)18(24)19(25-12)20(28)27(11-13-6-4-3-5-7-13)22-26-15-9-8-14(21(29)30-2)10-16(15)31-22/h3-10,25H,11H2,1-2H3. The van der Waals surface area contributed by atoms with E-state index < -0.39 is 5.97 Å². The summed E-state index contributed by atoms with van der Waals surface area (Å²) in [4.78, 5) is 34.5. The van der Waals surface area contributed by atoms with Crippen molar-refractivity contribution < 1.29 is 14.3 Å². The number of amides is 1. The van der Waals surface area contributed by atoms with Gasteiger partial charge in [-0.2, -0.15) is 0 Å². The number of esters is 1. The van der Waals surface area contributed by atoms with Crippen molar-refractivity contribution in [2.75, 3.05) is 12.0 Å². The highest BCUT2D eigenvalue weighted by Crippen LogP contribution is 2.34. The maximum atomic E-state index is 13.5. The summed E-state index contributed by atoms with van der Waals surface area (Å²) in [5, 5.41) is 0.971. The molecular formula is C22H17Cl2N3O3S. The van der Waals surface area contributed by atoms with Crippen LogP contribution in [-0.4, -0.2) is 29.0 Å². The van der Waals surface area contributed by atoms with Crippen molar-refractivity contribution in [1.82, 2.24) is 9.97 Å². The molecule has 0 aliphatic rings. The van der Waals surface area contributed by atoms with Gasteiger partial charge in [-0.1, -0.05) is 64.9 Å². The Morgan fingerprint density at radius 2 is 1.87 bits per heavy atom. The number of aryl methyl sites for hydroxylation is 1. The Bertz CT molecular complexity index is 1280. The van der Waals surface area contributed by atoms with E-state index in [2.05, 4.69) is 9.97 Å². The highest BCUT2D eigenvalue weighted by Gasteiger charge is 2.27. The first-order chi connectivity index (χ1) is 14.9. The number of fused-ring (bicyclic) bond motifs is 1. The number of aromatic amines is 1. The molecule has 2 aromatic carbocycles. The normalized spacial score (nSPS) is 11.0. The predicted octanol–water partition coefficient (Wildman–Crippen LogP) is 5.87. The third-order valence-electron chi connectivity index (χ3n) is 4.73. The topological polar surface area (TPSA) is 75.3 Å². The lowest BCUT2D eigenvalue weighted by Gasteiger charge is -2.19. The summed E-state index contributed by atoms with van der Waals surface area (Å²) < 4.78 is 5.55. The van der Waals surface area contributed by atoms with Crippen LogP contribution >= 0.6 is 34.5 Å². The van der Waals surface area contributed by atoms with Gasteiger partial charge in [0.1, 0.15) is 5.69 Å². The van der Waals surface area contributed by atoms with Gasteiger partial charge in [0.25, 0.3) is 5.91 Å². The first-order valence-corrected chi connectivity index (χ1v) is 10.8. The second kappa shape index (κ2) is 8.70. The summed E-state index contributed by atoms with van der Waals surface area (Å²) in [5.74, 6) is -0.784. The van der Waals surface area contributed by atoms with Crippen molar-refractivity contribution in [3.05, 3.63) is 81.1 Å². The number of rotatable bonds is 5. The summed E-state index contributed by atoms with van der Waals surface area (Å²) in [6, 6.07) is 14.7. The molecule has 0 bridgehead atoms. The Balaban J connectivity index is 1.79. The summed E-state index contributed by atoms with van der Waals surface area (Å²) >= 11 is 13.8. The number of halogens is 2. The van der Waals surface area contributed by atoms with Crippen molar-refractivity contribution >= 4 is 61.8 Å². The second-order valence-electron chi connectivity index (χ2n) is 6.80. The van der Waals surface area contributed by atoms with Crippen LogP contribution in [0.1, 0.15) is 32.1 Å². The van der Waals surface area contributed by atoms with Gasteiger partial charge in [-0.15, -0.1) is 0 Å². The van der Waals surface area contributed by atoms with Crippen LogP contribution < -0.4 is 4.90 Å². The molecule has 4 aromatic rings. The van der Waals surface area contributed by atoms with E-state index in [4.69, 9.17) is 27.9 Å². The van der Waals surface area contributed by atoms with Gasteiger partial charge in [-0.25, -0.2) is 9.78 Å². The number of ether oxygens (including phenoxy) is 1. The number of benzene rings is 2. The average molecular weight is 474 g/mol. The maximum absolute atomic E-state index is 13.5. The fraction of sp³-hybridized carbons (Fsp3) is 0.136. The third kappa shape index (κ3) is 4.17. The number of hydrogen-bond donors (Lipinski definition) is 1. The smallest absolute Gasteiger partial charge is 0.337 e. The molecule has 0 saturated heterocycles. The van der Waals surface area contributed by atoms with E-state index in [9.17, 15) is 9.59 Å². The molecule has 0 saturated carbocycles. The Morgan fingerprint density at radius 1 is 1.13 bits per heavy atom. The van der Waals surface area contributed by atoms with Gasteiger partial charge in [0.2, 0.25) is 0 Å². The van der Waals surface area contributed by atoms with E-state index in [-0.39, 0.29) is 23.2 Å². The van der Waals surface area contributed by atoms with Gasteiger partial charge in [-0.3, -0.25) is 9.69 Å². The molecule has 6 nitrogen and oxygen atoms in total. The number of carbonyl (C=O) groups excluding carboxylic acids is 2. The molecule has 158 valence electrons. The number of anilines is 1. The Hall–Kier alpha value is -2.87. The minimum atomic E-state index is -0.433. The molecule has 0 atom stereocenters. The molecule has 0 unspecified atom stereocenters. The van der Waals surface area contributed by atoms with E-state index in [1.807, 2.05) is 30.3 Å². The number of nitrogens with one attached hydrogen (secondary N) is 1. The van der Waals surface area contributed by atoms with E-state index in [1.54, 1.807) is 30.0 Å². The highest BCUT2D eigenvalue weighted by molar-refractivity contribution is 7.22. The SMILES string of the molecule is COC(=O)c1ccc2nc(N(Cc3ccccc3)C(=O)c3[nH]c(C)c(Cl)c3Cl)sc2c1. The van der Waals surface area contributed by atoms with Gasteiger partial charge in [0.05, 0.1) is 39.5 Å². The lowest BCUT2D eigenvalue weighted by Crippen LogP contribution is -2.30. The molecule has 0 aliphatic carbocycles. The number of nitrogens with zero attached hydrogens (tertiary/aromatic N) is 2. The zero-order valence-electron chi connectivity index (χ0n) is 16.6. The third-order valence-corrected chi connectivity index (χ3v) is 6.71. The van der Waals surface area contributed by atoms with Crippen molar-refractivity contribution in [2.24, 2.45) is 0 Å². The van der Waals surface area contributed by atoms with E-state index in [0.29, 0.717) is 26.9 Å². The van der Waals surface area contributed by atoms with E-state index in [1.165, 1.54) is 18.4 Å². The monoisotopic (exact) mass is 473 g/mol. The average Bonchev–Trinajstić information content (AvgIpc) is 3.32. The molecule has 4 rings (SSSR count). The van der Waals surface area contributed by atoms with Gasteiger partial charge >= 0.3 is 5.97 Å². The van der Waals surface area contributed by atoms with Gasteiger partial charge < -0.3 is 9.72 Å². The largest absolute Gasteiger partial charge is 0.465 e. The molecule has 0 fully saturated rings. The molecule has 0 spiro atoms. The second-order valence-corrected chi connectivity index (χ2v) is 8.57. The number of methoxy groups -OCH3 is 1. The highest BCUT2D eigenvalue weighted by atomic mass is 35.5. The molecule has 31 heavy (non-hydrogen) atoms. The summed E-state index contributed by atoms with van der Waals surface area (Å²) in [6.07, 6.45) is 0. The fourth-order valence-electron chi connectivity index (χ4n) is 3.12. The lowest BCUT2D eigenvalue weighted by atomic mass is 10.2. The molecule has 0 aliphatic heterocycles. The molecule has 0 radical (unpaired) electrons. The van der Waals surface area contributed by atoms with Crippen LogP contribution in [0.3, 0.4) is 0 Å². The molecule has 1 N–H and O–H groups in total. The lowest BCUT2D eigenvalue weighted by molar-refractivity contribution is 0.0601. The Kier molecular flexibility index (Phi) is 6.00. The van der Waals surface area contributed by atoms with Crippen molar-refractivity contribution in [3.8, 4) is 0 Å². The van der Waals surface area contributed by atoms with Gasteiger partial charge in [0, 0.05) is 5.69 Å². The van der Waals surface area contributed by atoms with Crippen LogP contribution in [0.2, 0.25) is 10.0 Å².